The Bertz CT molecular complexity index is 1140. The molecule has 2 rings (SSSR count). The molecular formula is C19H17ClF3N5O3. The largest absolute Gasteiger partial charge is 0.417 e. The molecule has 8 nitrogen and oxygen atoms in total. The monoisotopic (exact) mass is 455 g/mol. The zero-order valence-electron chi connectivity index (χ0n) is 16.7. The van der Waals surface area contributed by atoms with Crippen molar-refractivity contribution in [2.24, 2.45) is 0 Å². The quantitative estimate of drug-likeness (QED) is 0.745. The van der Waals surface area contributed by atoms with Gasteiger partial charge in [-0.15, -0.1) is 0 Å². The normalized spacial score (nSPS) is 11.0. The minimum atomic E-state index is -4.70. The van der Waals surface area contributed by atoms with Gasteiger partial charge in [-0.2, -0.15) is 23.5 Å². The predicted octanol–water partition coefficient (Wildman–Crippen LogP) is 2.50. The second-order valence-corrected chi connectivity index (χ2v) is 7.06. The highest BCUT2D eigenvalue weighted by Gasteiger charge is 2.33. The van der Waals surface area contributed by atoms with E-state index in [2.05, 4.69) is 10.4 Å². The second kappa shape index (κ2) is 9.18. The van der Waals surface area contributed by atoms with Crippen molar-refractivity contribution in [1.82, 2.24) is 14.7 Å². The van der Waals surface area contributed by atoms with E-state index in [-0.39, 0.29) is 11.3 Å². The number of alkyl halides is 3. The molecule has 1 N–H and O–H groups in total. The Balaban J connectivity index is 2.09. The van der Waals surface area contributed by atoms with Crippen LogP contribution in [0.25, 0.3) is 0 Å². The molecule has 0 radical (unpaired) electrons. The van der Waals surface area contributed by atoms with Gasteiger partial charge in [0, 0.05) is 12.7 Å². The van der Waals surface area contributed by atoms with E-state index >= 15 is 0 Å². The highest BCUT2D eigenvalue weighted by molar-refractivity contribution is 6.31. The third-order valence-corrected chi connectivity index (χ3v) is 4.73. The summed E-state index contributed by atoms with van der Waals surface area (Å²) >= 11 is 5.54. The Kier molecular flexibility index (Phi) is 7.07. The summed E-state index contributed by atoms with van der Waals surface area (Å²) in [5, 5.41) is 14.8. The third-order valence-electron chi connectivity index (χ3n) is 4.40. The van der Waals surface area contributed by atoms with Gasteiger partial charge in [0.25, 0.3) is 5.56 Å². The van der Waals surface area contributed by atoms with E-state index in [4.69, 9.17) is 16.9 Å². The van der Waals surface area contributed by atoms with Crippen LogP contribution in [0.15, 0.2) is 23.0 Å². The number of hydrogen-bond donors (Lipinski definition) is 1. The van der Waals surface area contributed by atoms with Crippen LogP contribution in [0.2, 0.25) is 5.02 Å². The highest BCUT2D eigenvalue weighted by Crippen LogP contribution is 2.36. The molecule has 0 unspecified atom stereocenters. The van der Waals surface area contributed by atoms with Crippen molar-refractivity contribution in [3.05, 3.63) is 56.0 Å². The molecule has 0 saturated carbocycles. The van der Waals surface area contributed by atoms with Crippen LogP contribution in [-0.2, 0) is 22.3 Å². The lowest BCUT2D eigenvalue weighted by molar-refractivity contribution is -0.137. The summed E-state index contributed by atoms with van der Waals surface area (Å²) in [6.07, 6.45) is -4.70. The summed E-state index contributed by atoms with van der Waals surface area (Å²) in [4.78, 5) is 37.8. The average Bonchev–Trinajstić information content (AvgIpc) is 2.67. The van der Waals surface area contributed by atoms with Gasteiger partial charge in [-0.25, -0.2) is 4.68 Å². The first kappa shape index (κ1) is 23.9. The zero-order valence-corrected chi connectivity index (χ0v) is 17.4. The second-order valence-electron chi connectivity index (χ2n) is 6.65. The highest BCUT2D eigenvalue weighted by atomic mass is 35.5. The SMILES string of the molecule is Cc1nn(CC(=O)N(C)CC(=O)Nc2ccc(Cl)c(C(F)(F)F)c2)c(=O)c(C#N)c1C. The number of nitrogens with zero attached hydrogens (tertiary/aromatic N) is 4. The van der Waals surface area contributed by atoms with Crippen molar-refractivity contribution < 1.29 is 22.8 Å². The number of nitriles is 1. The van der Waals surface area contributed by atoms with E-state index in [0.29, 0.717) is 17.3 Å². The van der Waals surface area contributed by atoms with Crippen LogP contribution in [0, 0.1) is 25.2 Å². The van der Waals surface area contributed by atoms with E-state index in [1.54, 1.807) is 19.9 Å². The molecule has 1 aromatic carbocycles. The lowest BCUT2D eigenvalue weighted by atomic mass is 10.1. The van der Waals surface area contributed by atoms with Gasteiger partial charge in [0.2, 0.25) is 11.8 Å². The lowest BCUT2D eigenvalue weighted by Crippen LogP contribution is -2.40. The topological polar surface area (TPSA) is 108 Å². The van der Waals surface area contributed by atoms with Crippen LogP contribution >= 0.6 is 11.6 Å². The number of aromatic nitrogens is 2. The van der Waals surface area contributed by atoms with Crippen LogP contribution < -0.4 is 10.9 Å². The van der Waals surface area contributed by atoms with Gasteiger partial charge in [0.1, 0.15) is 18.2 Å². The maximum Gasteiger partial charge on any atom is 0.417 e. The molecule has 0 aliphatic rings. The molecule has 2 amide bonds. The average molecular weight is 456 g/mol. The van der Waals surface area contributed by atoms with Gasteiger partial charge >= 0.3 is 6.18 Å². The summed E-state index contributed by atoms with van der Waals surface area (Å²) in [5.74, 6) is -1.42. The summed E-state index contributed by atoms with van der Waals surface area (Å²) < 4.78 is 39.6. The number of halogens is 4. The molecule has 0 fully saturated rings. The number of rotatable bonds is 5. The van der Waals surface area contributed by atoms with Gasteiger partial charge in [-0.05, 0) is 37.6 Å². The summed E-state index contributed by atoms with van der Waals surface area (Å²) in [7, 11) is 1.28. The predicted molar refractivity (Wildman–Crippen MR) is 105 cm³/mol. The maximum absolute atomic E-state index is 12.9. The van der Waals surface area contributed by atoms with Gasteiger partial charge in [0.15, 0.2) is 0 Å². The Morgan fingerprint density at radius 3 is 2.55 bits per heavy atom. The number of amides is 2. The number of carbonyl (C=O) groups excluding carboxylic acids is 2. The molecule has 12 heteroatoms. The first-order valence-electron chi connectivity index (χ1n) is 8.74. The van der Waals surface area contributed by atoms with Crippen LogP contribution in [0.3, 0.4) is 0 Å². The van der Waals surface area contributed by atoms with Crippen LogP contribution in [0.4, 0.5) is 18.9 Å². The van der Waals surface area contributed by atoms with Crippen molar-refractivity contribution in [2.75, 3.05) is 18.9 Å². The summed E-state index contributed by atoms with van der Waals surface area (Å²) in [6, 6.07) is 4.65. The first-order chi connectivity index (χ1) is 14.3. The Labute approximate surface area is 179 Å². The number of benzene rings is 1. The minimum Gasteiger partial charge on any atom is -0.335 e. The van der Waals surface area contributed by atoms with Crippen LogP contribution in [-0.4, -0.2) is 40.1 Å². The van der Waals surface area contributed by atoms with Gasteiger partial charge in [-0.1, -0.05) is 11.6 Å². The number of anilines is 1. The molecule has 1 heterocycles. The number of carbonyl (C=O) groups is 2. The molecule has 164 valence electrons. The molecule has 0 aliphatic heterocycles. The van der Waals surface area contributed by atoms with Crippen molar-refractivity contribution in [3.8, 4) is 6.07 Å². The first-order valence-corrected chi connectivity index (χ1v) is 9.12. The number of likely N-dealkylation sites (N-methyl/N-ethyl adjacent to an activating group) is 1. The van der Waals surface area contributed by atoms with Crippen molar-refractivity contribution in [1.29, 1.82) is 5.26 Å². The molecule has 31 heavy (non-hydrogen) atoms. The van der Waals surface area contributed by atoms with Crippen LogP contribution in [0.5, 0.6) is 0 Å². The molecule has 0 atom stereocenters. The summed E-state index contributed by atoms with van der Waals surface area (Å²) in [6.45, 7) is 2.13. The van der Waals surface area contributed by atoms with Gasteiger partial charge < -0.3 is 10.2 Å². The van der Waals surface area contributed by atoms with Gasteiger partial charge in [0.05, 0.1) is 22.8 Å². The fourth-order valence-corrected chi connectivity index (χ4v) is 2.81. The minimum absolute atomic E-state index is 0.135. The Morgan fingerprint density at radius 1 is 1.32 bits per heavy atom. The number of aryl methyl sites for hydroxylation is 1. The van der Waals surface area contributed by atoms with Crippen LogP contribution in [0.1, 0.15) is 22.4 Å². The molecule has 2 aromatic rings. The zero-order chi connectivity index (χ0) is 23.5. The third kappa shape index (κ3) is 5.61. The molecule has 0 spiro atoms. The molecular weight excluding hydrogens is 439 g/mol. The fraction of sp³-hybridized carbons (Fsp3) is 0.316. The molecule has 0 bridgehead atoms. The van der Waals surface area contributed by atoms with Gasteiger partial charge in [-0.3, -0.25) is 14.4 Å². The molecule has 0 saturated heterocycles. The van der Waals surface area contributed by atoms with E-state index < -0.39 is 47.2 Å². The standard InChI is InChI=1S/C19H17ClF3N5O3/c1-10-11(2)26-28(18(31)13(10)7-24)9-17(30)27(3)8-16(29)25-12-4-5-15(20)14(6-12)19(21,22)23/h4-6H,8-9H2,1-3H3,(H,25,29). The van der Waals surface area contributed by atoms with Crippen molar-refractivity contribution >= 4 is 29.1 Å². The van der Waals surface area contributed by atoms with Crippen molar-refractivity contribution in [2.45, 2.75) is 26.6 Å². The van der Waals surface area contributed by atoms with E-state index in [1.165, 1.54) is 13.1 Å². The lowest BCUT2D eigenvalue weighted by Gasteiger charge is -2.18. The molecule has 1 aromatic heterocycles. The smallest absolute Gasteiger partial charge is 0.335 e. The van der Waals surface area contributed by atoms with E-state index in [9.17, 15) is 27.6 Å². The number of hydrogen-bond acceptors (Lipinski definition) is 5. The number of nitrogens with one attached hydrogen (secondary N) is 1. The van der Waals surface area contributed by atoms with Crippen molar-refractivity contribution in [3.63, 3.8) is 0 Å². The van der Waals surface area contributed by atoms with E-state index in [0.717, 1.165) is 15.6 Å². The molecule has 0 aliphatic carbocycles. The maximum atomic E-state index is 12.9. The Hall–Kier alpha value is -3.39. The summed E-state index contributed by atoms with van der Waals surface area (Å²) in [5.41, 5.74) is -1.32. The Morgan fingerprint density at radius 2 is 1.97 bits per heavy atom. The fourth-order valence-electron chi connectivity index (χ4n) is 2.58. The van der Waals surface area contributed by atoms with E-state index in [1.807, 2.05) is 0 Å².